The molecule has 0 radical (unpaired) electrons. The second-order valence-corrected chi connectivity index (χ2v) is 7.59. The number of carbonyl (C=O) groups is 4. The van der Waals surface area contributed by atoms with Gasteiger partial charge < -0.3 is 15.3 Å². The van der Waals surface area contributed by atoms with Crippen molar-refractivity contribution in [1.29, 1.82) is 0 Å². The fourth-order valence-corrected chi connectivity index (χ4v) is 4.39. The van der Waals surface area contributed by atoms with Crippen LogP contribution < -0.4 is 5.32 Å². The lowest BCUT2D eigenvalue weighted by atomic mass is 10.1. The molecule has 0 spiro atoms. The number of Topliss-reactive ketones (excluding diaryl/α,β-unsaturated/α-hetero) is 1. The highest BCUT2D eigenvalue weighted by Gasteiger charge is 2.37. The largest absolute Gasteiger partial charge is 0.475 e. The van der Waals surface area contributed by atoms with Gasteiger partial charge in [-0.1, -0.05) is 48.5 Å². The Morgan fingerprint density at radius 2 is 1.53 bits per heavy atom. The lowest BCUT2D eigenvalue weighted by Gasteiger charge is -2.22. The second-order valence-electron chi connectivity index (χ2n) is 7.59. The molecule has 30 heavy (non-hydrogen) atoms. The van der Waals surface area contributed by atoms with Crippen LogP contribution in [0.3, 0.4) is 0 Å². The first kappa shape index (κ1) is 19.8. The number of nitrogens with one attached hydrogen (secondary N) is 1. The number of carboxylic acids is 1. The van der Waals surface area contributed by atoms with E-state index < -0.39 is 17.8 Å². The molecule has 0 bridgehead atoms. The monoisotopic (exact) mass is 406 g/mol. The van der Waals surface area contributed by atoms with E-state index in [-0.39, 0.29) is 30.7 Å². The Morgan fingerprint density at radius 1 is 0.933 bits per heavy atom. The van der Waals surface area contributed by atoms with Crippen molar-refractivity contribution in [3.05, 3.63) is 59.7 Å². The SMILES string of the molecule is O=C(CCC(=O)N1CCC[C@H]1C(=O)C(=O)O)NC1c2ccccc2-c2ccccc21. The van der Waals surface area contributed by atoms with Crippen LogP contribution in [-0.2, 0) is 19.2 Å². The van der Waals surface area contributed by atoms with E-state index in [9.17, 15) is 19.2 Å². The minimum atomic E-state index is -1.53. The van der Waals surface area contributed by atoms with Crippen molar-refractivity contribution >= 4 is 23.6 Å². The third-order valence-electron chi connectivity index (χ3n) is 5.79. The van der Waals surface area contributed by atoms with Crippen LogP contribution in [0.1, 0.15) is 42.9 Å². The fourth-order valence-electron chi connectivity index (χ4n) is 4.39. The molecule has 7 heteroatoms. The highest BCUT2D eigenvalue weighted by molar-refractivity contribution is 6.35. The maximum atomic E-state index is 12.6. The van der Waals surface area contributed by atoms with Crippen LogP contribution in [0.2, 0.25) is 0 Å². The molecule has 2 aliphatic rings. The minimum absolute atomic E-state index is 0.0237. The summed E-state index contributed by atoms with van der Waals surface area (Å²) in [6.45, 7) is 0.341. The Morgan fingerprint density at radius 3 is 2.13 bits per heavy atom. The van der Waals surface area contributed by atoms with Gasteiger partial charge in [0.2, 0.25) is 11.8 Å². The predicted octanol–water partition coefficient (Wildman–Crippen LogP) is 2.30. The predicted molar refractivity (Wildman–Crippen MR) is 108 cm³/mol. The van der Waals surface area contributed by atoms with E-state index >= 15 is 0 Å². The quantitative estimate of drug-likeness (QED) is 0.717. The Bertz CT molecular complexity index is 986. The molecule has 0 unspecified atom stereocenters. The molecular formula is C23H22N2O5. The Kier molecular flexibility index (Phi) is 5.35. The molecule has 1 fully saturated rings. The molecule has 4 rings (SSSR count). The lowest BCUT2D eigenvalue weighted by Crippen LogP contribution is -2.43. The summed E-state index contributed by atoms with van der Waals surface area (Å²) in [7, 11) is 0. The molecule has 2 N–H and O–H groups in total. The van der Waals surface area contributed by atoms with Crippen molar-refractivity contribution < 1.29 is 24.3 Å². The van der Waals surface area contributed by atoms with Crippen molar-refractivity contribution in [3.8, 4) is 11.1 Å². The maximum Gasteiger partial charge on any atom is 0.374 e. The first-order valence-corrected chi connectivity index (χ1v) is 10.0. The molecule has 2 aromatic rings. The summed E-state index contributed by atoms with van der Waals surface area (Å²) >= 11 is 0. The number of likely N-dealkylation sites (tertiary alicyclic amines) is 1. The number of benzene rings is 2. The number of carboxylic acid groups (broad SMARTS) is 1. The van der Waals surface area contributed by atoms with E-state index in [4.69, 9.17) is 5.11 Å². The van der Waals surface area contributed by atoms with Gasteiger partial charge in [-0.05, 0) is 35.1 Å². The summed E-state index contributed by atoms with van der Waals surface area (Å²) in [5.41, 5.74) is 4.21. The molecule has 0 aromatic heterocycles. The second kappa shape index (κ2) is 8.10. The molecule has 1 atom stereocenters. The fraction of sp³-hybridized carbons (Fsp3) is 0.304. The number of hydrogen-bond donors (Lipinski definition) is 2. The summed E-state index contributed by atoms with van der Waals surface area (Å²) in [6, 6.07) is 14.6. The van der Waals surface area contributed by atoms with Gasteiger partial charge in [0.15, 0.2) is 0 Å². The average Bonchev–Trinajstić information content (AvgIpc) is 3.36. The zero-order valence-corrected chi connectivity index (χ0v) is 16.3. The van der Waals surface area contributed by atoms with Crippen molar-refractivity contribution in [2.75, 3.05) is 6.54 Å². The van der Waals surface area contributed by atoms with Gasteiger partial charge >= 0.3 is 5.97 Å². The molecule has 1 saturated heterocycles. The lowest BCUT2D eigenvalue weighted by molar-refractivity contribution is -0.152. The third-order valence-corrected chi connectivity index (χ3v) is 5.79. The van der Waals surface area contributed by atoms with Gasteiger partial charge in [0.05, 0.1) is 6.04 Å². The molecule has 2 aromatic carbocycles. The highest BCUT2D eigenvalue weighted by Crippen LogP contribution is 2.43. The van der Waals surface area contributed by atoms with E-state index in [1.165, 1.54) is 4.90 Å². The molecule has 1 heterocycles. The van der Waals surface area contributed by atoms with E-state index in [2.05, 4.69) is 5.32 Å². The van der Waals surface area contributed by atoms with Gasteiger partial charge in [0.25, 0.3) is 5.78 Å². The van der Waals surface area contributed by atoms with Gasteiger partial charge in [0.1, 0.15) is 6.04 Å². The number of aliphatic carboxylic acids is 1. The first-order chi connectivity index (χ1) is 14.5. The van der Waals surface area contributed by atoms with Crippen LogP contribution in [0.15, 0.2) is 48.5 Å². The topological polar surface area (TPSA) is 104 Å². The number of nitrogens with zero attached hydrogens (tertiary/aromatic N) is 1. The molecule has 0 saturated carbocycles. The van der Waals surface area contributed by atoms with Crippen LogP contribution in [0.4, 0.5) is 0 Å². The van der Waals surface area contributed by atoms with Crippen molar-refractivity contribution in [2.24, 2.45) is 0 Å². The van der Waals surface area contributed by atoms with Crippen molar-refractivity contribution in [1.82, 2.24) is 10.2 Å². The van der Waals surface area contributed by atoms with Gasteiger partial charge in [-0.2, -0.15) is 0 Å². The van der Waals surface area contributed by atoms with Crippen molar-refractivity contribution in [2.45, 2.75) is 37.8 Å². The molecule has 7 nitrogen and oxygen atoms in total. The number of amides is 2. The Balaban J connectivity index is 1.40. The average molecular weight is 406 g/mol. The van der Waals surface area contributed by atoms with E-state index in [0.29, 0.717) is 19.4 Å². The van der Waals surface area contributed by atoms with Gasteiger partial charge in [-0.15, -0.1) is 0 Å². The van der Waals surface area contributed by atoms with Gasteiger partial charge in [-0.25, -0.2) is 4.79 Å². The Labute approximate surface area is 173 Å². The van der Waals surface area contributed by atoms with E-state index in [1.807, 2.05) is 48.5 Å². The molecule has 1 aliphatic heterocycles. The number of carbonyl (C=O) groups excluding carboxylic acids is 3. The van der Waals surface area contributed by atoms with Crippen LogP contribution in [0.25, 0.3) is 11.1 Å². The Hall–Kier alpha value is -3.48. The number of fused-ring (bicyclic) bond motifs is 3. The zero-order valence-electron chi connectivity index (χ0n) is 16.3. The summed E-state index contributed by atoms with van der Waals surface area (Å²) in [4.78, 5) is 49.2. The van der Waals surface area contributed by atoms with Crippen LogP contribution in [0, 0.1) is 0 Å². The molecule has 2 amide bonds. The highest BCUT2D eigenvalue weighted by atomic mass is 16.4. The molecular weight excluding hydrogens is 384 g/mol. The normalized spacial score (nSPS) is 17.3. The van der Waals surface area contributed by atoms with Gasteiger partial charge in [0, 0.05) is 19.4 Å². The first-order valence-electron chi connectivity index (χ1n) is 10.0. The minimum Gasteiger partial charge on any atom is -0.475 e. The standard InChI is InChI=1S/C23H22N2O5/c26-19(11-12-20(27)25-13-5-10-18(25)22(28)23(29)30)24-21-16-8-3-1-6-14(16)15-7-2-4-9-17(15)21/h1-4,6-9,18,21H,5,10-13H2,(H,24,26)(H,29,30)/t18-/m0/s1. The third kappa shape index (κ3) is 3.58. The van der Waals surface area contributed by atoms with Crippen LogP contribution in [0.5, 0.6) is 0 Å². The summed E-state index contributed by atoms with van der Waals surface area (Å²) in [6.07, 6.45) is 0.839. The van der Waals surface area contributed by atoms with Crippen LogP contribution >= 0.6 is 0 Å². The maximum absolute atomic E-state index is 12.6. The van der Waals surface area contributed by atoms with Crippen molar-refractivity contribution in [3.63, 3.8) is 0 Å². The van der Waals surface area contributed by atoms with E-state index in [1.54, 1.807) is 0 Å². The van der Waals surface area contributed by atoms with Crippen LogP contribution in [-0.4, -0.2) is 46.2 Å². The summed E-state index contributed by atoms with van der Waals surface area (Å²) < 4.78 is 0. The summed E-state index contributed by atoms with van der Waals surface area (Å²) in [5, 5.41) is 11.9. The number of rotatable bonds is 6. The number of ketones is 1. The molecule has 154 valence electrons. The zero-order chi connectivity index (χ0) is 21.3. The smallest absolute Gasteiger partial charge is 0.374 e. The number of hydrogen-bond acceptors (Lipinski definition) is 4. The van der Waals surface area contributed by atoms with E-state index in [0.717, 1.165) is 22.3 Å². The summed E-state index contributed by atoms with van der Waals surface area (Å²) in [5.74, 6) is -3.13. The molecule has 1 aliphatic carbocycles. The van der Waals surface area contributed by atoms with Gasteiger partial charge in [-0.3, -0.25) is 14.4 Å².